The number of benzene rings is 8. The van der Waals surface area contributed by atoms with Crippen LogP contribution in [0.2, 0.25) is 0 Å². The van der Waals surface area contributed by atoms with Crippen LogP contribution in [-0.4, -0.2) is 14.5 Å². The van der Waals surface area contributed by atoms with Crippen LogP contribution in [0.5, 0.6) is 0 Å². The van der Waals surface area contributed by atoms with Crippen molar-refractivity contribution in [2.75, 3.05) is 4.90 Å². The van der Waals surface area contributed by atoms with Crippen molar-refractivity contribution in [3.05, 3.63) is 175 Å². The first-order valence-electron chi connectivity index (χ1n) is 17.0. The summed E-state index contributed by atoms with van der Waals surface area (Å²) in [4.78, 5) is 2.54. The Morgan fingerprint density at radius 3 is 2.00 bits per heavy atom. The molecule has 0 bridgehead atoms. The van der Waals surface area contributed by atoms with E-state index in [1.54, 1.807) is 0 Å². The van der Waals surface area contributed by atoms with Gasteiger partial charge >= 0.3 is 294 Å². The zero-order valence-electron chi connectivity index (χ0n) is 27.4. The van der Waals surface area contributed by atoms with Crippen LogP contribution in [0.1, 0.15) is 25.0 Å². The molecule has 1 aliphatic carbocycles. The Balaban J connectivity index is 1.29. The van der Waals surface area contributed by atoms with E-state index in [1.807, 2.05) is 0 Å². The third kappa shape index (κ3) is 4.25. The second-order valence-electron chi connectivity index (χ2n) is 13.7. The fourth-order valence-corrected chi connectivity index (χ4v) is 11.2. The van der Waals surface area contributed by atoms with E-state index in [-0.39, 0.29) is 19.9 Å². The average molecular weight is 691 g/mol. The Bertz CT molecular complexity index is 2750. The van der Waals surface area contributed by atoms with Gasteiger partial charge in [-0.05, 0) is 0 Å². The number of rotatable bonds is 4. The average Bonchev–Trinajstić information content (AvgIpc) is 3.65. The van der Waals surface area contributed by atoms with E-state index >= 15 is 0 Å². The Hall–Kier alpha value is -5.40. The Morgan fingerprint density at radius 2 is 1.10 bits per heavy atom. The second-order valence-corrected chi connectivity index (χ2v) is 15.8. The van der Waals surface area contributed by atoms with Crippen molar-refractivity contribution in [3.63, 3.8) is 0 Å². The third-order valence-corrected chi connectivity index (χ3v) is 13.3. The summed E-state index contributed by atoms with van der Waals surface area (Å²) in [5.74, 6) is 0. The van der Waals surface area contributed by atoms with Gasteiger partial charge in [-0.15, -0.1) is 0 Å². The summed E-state index contributed by atoms with van der Waals surface area (Å²) in [6.45, 7) is 4.72. The van der Waals surface area contributed by atoms with Crippen molar-refractivity contribution in [2.24, 2.45) is 0 Å². The summed E-state index contributed by atoms with van der Waals surface area (Å²) in [5, 5.41) is 8.11. The zero-order valence-corrected chi connectivity index (χ0v) is 29.2. The molecule has 1 aliphatic rings. The number of para-hydroxylation sites is 1. The zero-order chi connectivity index (χ0) is 32.7. The van der Waals surface area contributed by atoms with E-state index in [4.69, 9.17) is 0 Å². The molecule has 0 saturated heterocycles. The summed E-state index contributed by atoms with van der Waals surface area (Å²) in [5.41, 5.74) is 11.5. The van der Waals surface area contributed by atoms with E-state index in [1.165, 1.54) is 91.3 Å². The van der Waals surface area contributed by atoms with E-state index in [9.17, 15) is 0 Å². The summed E-state index contributed by atoms with van der Waals surface area (Å²) in [6.07, 6.45) is 0. The number of hydrogen-bond donors (Lipinski definition) is 0. The van der Waals surface area contributed by atoms with E-state index in [0.29, 0.717) is 0 Å². The predicted molar refractivity (Wildman–Crippen MR) is 211 cm³/mol. The molecule has 0 aliphatic heterocycles. The molecule has 0 spiro atoms. The van der Waals surface area contributed by atoms with Crippen molar-refractivity contribution >= 4 is 72.4 Å². The molecule has 0 radical (unpaired) electrons. The topological polar surface area (TPSA) is 3.24 Å². The number of nitrogens with zero attached hydrogens (tertiary/aromatic N) is 1. The number of anilines is 3. The molecule has 0 unspecified atom stereocenters. The number of fused-ring (bicyclic) bond motifs is 10. The Labute approximate surface area is 292 Å². The molecule has 1 nitrogen and oxygen atoms in total. The first kappa shape index (κ1) is 28.6. The van der Waals surface area contributed by atoms with Gasteiger partial charge in [0.2, 0.25) is 0 Å². The molecule has 1 heterocycles. The summed E-state index contributed by atoms with van der Waals surface area (Å²) >= 11 is 0.107. The molecule has 232 valence electrons. The van der Waals surface area contributed by atoms with Gasteiger partial charge in [0.15, 0.2) is 0 Å². The van der Waals surface area contributed by atoms with Gasteiger partial charge < -0.3 is 0 Å². The third-order valence-electron chi connectivity index (χ3n) is 10.6. The molecule has 10 rings (SSSR count). The van der Waals surface area contributed by atoms with Crippen LogP contribution in [0.25, 0.3) is 63.1 Å². The molecular weight excluding hydrogens is 657 g/mol. The van der Waals surface area contributed by atoms with Gasteiger partial charge in [0.05, 0.1) is 0 Å². The van der Waals surface area contributed by atoms with E-state index in [2.05, 4.69) is 183 Å². The minimum atomic E-state index is -0.0419. The van der Waals surface area contributed by atoms with Crippen molar-refractivity contribution in [3.8, 4) is 22.3 Å². The minimum absolute atomic E-state index is 0.0419. The summed E-state index contributed by atoms with van der Waals surface area (Å²) in [7, 11) is 0. The van der Waals surface area contributed by atoms with Crippen molar-refractivity contribution < 1.29 is 0 Å². The standard InChI is InChI=1S/C47H33NSe/c1-47(2)40-20-10-8-18-36(40)39-29-33(26-28-41(39)47)48(42-21-11-9-16-34(42)30-13-4-3-5-14-30)43-22-12-19-37-38-27-25-32-24-23-31-15-6-7-17-35(31)44(32)46(38)49-45(37)43/h3-29H,1-2H3. The molecule has 9 aromatic rings. The monoisotopic (exact) mass is 691 g/mol. The van der Waals surface area contributed by atoms with Gasteiger partial charge in [-0.2, -0.15) is 0 Å². The first-order valence-corrected chi connectivity index (χ1v) is 18.7. The van der Waals surface area contributed by atoms with Gasteiger partial charge in [0.1, 0.15) is 0 Å². The maximum atomic E-state index is 2.54. The van der Waals surface area contributed by atoms with Crippen LogP contribution in [-0.2, 0) is 5.41 Å². The van der Waals surface area contributed by atoms with Gasteiger partial charge in [0, 0.05) is 0 Å². The van der Waals surface area contributed by atoms with Gasteiger partial charge in [-0.3, -0.25) is 0 Å². The molecule has 0 amide bonds. The molecular formula is C47H33NSe. The fourth-order valence-electron chi connectivity index (χ4n) is 8.29. The first-order chi connectivity index (χ1) is 24.1. The van der Waals surface area contributed by atoms with Gasteiger partial charge in [0.25, 0.3) is 0 Å². The second kappa shape index (κ2) is 10.8. The van der Waals surface area contributed by atoms with Gasteiger partial charge in [-0.25, -0.2) is 0 Å². The summed E-state index contributed by atoms with van der Waals surface area (Å²) < 4.78 is 2.93. The van der Waals surface area contributed by atoms with Crippen molar-refractivity contribution in [1.29, 1.82) is 0 Å². The molecule has 49 heavy (non-hydrogen) atoms. The predicted octanol–water partition coefficient (Wildman–Crippen LogP) is 12.8. The quantitative estimate of drug-likeness (QED) is 0.131. The van der Waals surface area contributed by atoms with E-state index < -0.39 is 0 Å². The molecule has 0 fully saturated rings. The van der Waals surface area contributed by atoms with E-state index in [0.717, 1.165) is 0 Å². The molecule has 2 heteroatoms. The van der Waals surface area contributed by atoms with Crippen LogP contribution < -0.4 is 4.90 Å². The van der Waals surface area contributed by atoms with Crippen LogP contribution in [0.15, 0.2) is 164 Å². The Kier molecular flexibility index (Phi) is 6.31. The van der Waals surface area contributed by atoms with Crippen molar-refractivity contribution in [2.45, 2.75) is 19.3 Å². The SMILES string of the molecule is CC1(C)c2ccccc2-c2cc(N(c3ccccc3-c3ccccc3)c3cccc4c3[se]c3c4ccc4ccc5ccccc5c43)ccc21. The molecule has 1 aromatic heterocycles. The maximum absolute atomic E-state index is 2.54. The normalized spacial score (nSPS) is 13.3. The van der Waals surface area contributed by atoms with Gasteiger partial charge in [-0.1, -0.05) is 0 Å². The number of hydrogen-bond acceptors (Lipinski definition) is 1. The molecule has 8 aromatic carbocycles. The Morgan fingerprint density at radius 1 is 0.449 bits per heavy atom. The van der Waals surface area contributed by atoms with Crippen LogP contribution in [0.3, 0.4) is 0 Å². The molecule has 0 N–H and O–H groups in total. The van der Waals surface area contributed by atoms with Crippen LogP contribution >= 0.6 is 0 Å². The van der Waals surface area contributed by atoms with Crippen LogP contribution in [0, 0.1) is 0 Å². The fraction of sp³-hybridized carbons (Fsp3) is 0.0638. The molecule has 0 atom stereocenters. The summed E-state index contributed by atoms with van der Waals surface area (Å²) in [6, 6.07) is 60.9. The van der Waals surface area contributed by atoms with Crippen LogP contribution in [0.4, 0.5) is 17.1 Å². The molecule has 0 saturated carbocycles. The van der Waals surface area contributed by atoms with Crippen molar-refractivity contribution in [1.82, 2.24) is 0 Å².